The molecule has 0 radical (unpaired) electrons. The van der Waals surface area contributed by atoms with Crippen molar-refractivity contribution < 1.29 is 9.21 Å². The number of allylic oxidation sites excluding steroid dienone is 2. The summed E-state index contributed by atoms with van der Waals surface area (Å²) in [6.07, 6.45) is 3.14. The van der Waals surface area contributed by atoms with Gasteiger partial charge in [-0.25, -0.2) is 0 Å². The Hall–Kier alpha value is -1.51. The lowest BCUT2D eigenvalue weighted by Gasteiger charge is -2.13. The highest BCUT2D eigenvalue weighted by Gasteiger charge is 2.15. The molecule has 15 heavy (non-hydrogen) atoms. The van der Waals surface area contributed by atoms with E-state index in [0.29, 0.717) is 6.42 Å². The Kier molecular flexibility index (Phi) is 2.62. The molecule has 1 aliphatic rings. The zero-order valence-electron chi connectivity index (χ0n) is 9.04. The lowest BCUT2D eigenvalue weighted by Crippen LogP contribution is -2.16. The van der Waals surface area contributed by atoms with E-state index in [4.69, 9.17) is 4.42 Å². The maximum absolute atomic E-state index is 11.0. The highest BCUT2D eigenvalue weighted by atomic mass is 16.3. The van der Waals surface area contributed by atoms with Crippen LogP contribution in [0.25, 0.3) is 0 Å². The first kappa shape index (κ1) is 10.0. The van der Waals surface area contributed by atoms with Crippen LogP contribution in [0.1, 0.15) is 37.3 Å². The molecule has 0 saturated heterocycles. The van der Waals surface area contributed by atoms with Crippen molar-refractivity contribution in [1.29, 1.82) is 0 Å². The van der Waals surface area contributed by atoms with E-state index in [-0.39, 0.29) is 11.8 Å². The van der Waals surface area contributed by atoms with Crippen LogP contribution in [0.3, 0.4) is 0 Å². The first-order valence-electron chi connectivity index (χ1n) is 5.21. The van der Waals surface area contributed by atoms with Crippen LogP contribution in [0, 0.1) is 6.92 Å². The number of ketones is 1. The smallest absolute Gasteiger partial charge is 0.157 e. The molecule has 1 aromatic rings. The van der Waals surface area contributed by atoms with Gasteiger partial charge in [0, 0.05) is 18.2 Å². The molecular formula is C12H15NO2. The van der Waals surface area contributed by atoms with Crippen molar-refractivity contribution in [2.75, 3.05) is 0 Å². The SMILES string of the molecule is Cc1ccc(C(C)NC2=CC(=O)CC2)o1. The van der Waals surface area contributed by atoms with Crippen LogP contribution in [-0.2, 0) is 4.79 Å². The number of hydrogen-bond donors (Lipinski definition) is 1. The summed E-state index contributed by atoms with van der Waals surface area (Å²) >= 11 is 0. The van der Waals surface area contributed by atoms with E-state index >= 15 is 0 Å². The van der Waals surface area contributed by atoms with Gasteiger partial charge >= 0.3 is 0 Å². The van der Waals surface area contributed by atoms with E-state index in [2.05, 4.69) is 5.32 Å². The summed E-state index contributed by atoms with van der Waals surface area (Å²) in [5.41, 5.74) is 1.02. The minimum absolute atomic E-state index is 0.121. The largest absolute Gasteiger partial charge is 0.464 e. The normalized spacial score (nSPS) is 17.7. The lowest BCUT2D eigenvalue weighted by molar-refractivity contribution is -0.114. The molecule has 0 aromatic carbocycles. The highest BCUT2D eigenvalue weighted by molar-refractivity contribution is 5.92. The second-order valence-corrected chi connectivity index (χ2v) is 3.95. The number of furan rings is 1. The van der Waals surface area contributed by atoms with Crippen LogP contribution in [-0.4, -0.2) is 5.78 Å². The van der Waals surface area contributed by atoms with Crippen molar-refractivity contribution in [3.05, 3.63) is 35.4 Å². The van der Waals surface area contributed by atoms with Crippen molar-refractivity contribution in [2.24, 2.45) is 0 Å². The third kappa shape index (κ3) is 2.29. The molecule has 1 atom stereocenters. The fraction of sp³-hybridized carbons (Fsp3) is 0.417. The summed E-state index contributed by atoms with van der Waals surface area (Å²) in [6.45, 7) is 3.95. The number of carbonyl (C=O) groups is 1. The Balaban J connectivity index is 2.01. The van der Waals surface area contributed by atoms with Gasteiger partial charge in [-0.2, -0.15) is 0 Å². The van der Waals surface area contributed by atoms with Gasteiger partial charge in [-0.15, -0.1) is 0 Å². The van der Waals surface area contributed by atoms with Crippen molar-refractivity contribution in [1.82, 2.24) is 5.32 Å². The molecule has 1 aliphatic carbocycles. The fourth-order valence-corrected chi connectivity index (χ4v) is 1.75. The molecule has 2 rings (SSSR count). The van der Waals surface area contributed by atoms with Crippen LogP contribution in [0.2, 0.25) is 0 Å². The van der Waals surface area contributed by atoms with Crippen LogP contribution in [0.4, 0.5) is 0 Å². The second kappa shape index (κ2) is 3.93. The molecule has 3 heteroatoms. The average molecular weight is 205 g/mol. The third-order valence-electron chi connectivity index (χ3n) is 2.57. The molecule has 3 nitrogen and oxygen atoms in total. The molecule has 0 amide bonds. The highest BCUT2D eigenvalue weighted by Crippen LogP contribution is 2.20. The molecule has 0 bridgehead atoms. The summed E-state index contributed by atoms with van der Waals surface area (Å²) < 4.78 is 5.51. The van der Waals surface area contributed by atoms with E-state index < -0.39 is 0 Å². The van der Waals surface area contributed by atoms with Gasteiger partial charge in [0.15, 0.2) is 5.78 Å². The van der Waals surface area contributed by atoms with Crippen molar-refractivity contribution in [3.8, 4) is 0 Å². The third-order valence-corrected chi connectivity index (χ3v) is 2.57. The van der Waals surface area contributed by atoms with E-state index in [1.807, 2.05) is 26.0 Å². The quantitative estimate of drug-likeness (QED) is 0.824. The Morgan fingerprint density at radius 1 is 1.40 bits per heavy atom. The number of nitrogens with one attached hydrogen (secondary N) is 1. The molecule has 0 fully saturated rings. The summed E-state index contributed by atoms with van der Waals surface area (Å²) in [7, 11) is 0. The summed E-state index contributed by atoms with van der Waals surface area (Å²) in [5, 5.41) is 3.29. The zero-order valence-corrected chi connectivity index (χ0v) is 9.04. The zero-order chi connectivity index (χ0) is 10.8. The van der Waals surface area contributed by atoms with Crippen molar-refractivity contribution in [3.63, 3.8) is 0 Å². The second-order valence-electron chi connectivity index (χ2n) is 3.95. The van der Waals surface area contributed by atoms with Crippen molar-refractivity contribution in [2.45, 2.75) is 32.7 Å². The Morgan fingerprint density at radius 2 is 2.20 bits per heavy atom. The average Bonchev–Trinajstić information content (AvgIpc) is 2.75. The Bertz CT molecular complexity index is 404. The molecule has 0 spiro atoms. The maximum atomic E-state index is 11.0. The Labute approximate surface area is 89.2 Å². The van der Waals surface area contributed by atoms with Crippen LogP contribution in [0.5, 0.6) is 0 Å². The van der Waals surface area contributed by atoms with E-state index in [9.17, 15) is 4.79 Å². The maximum Gasteiger partial charge on any atom is 0.157 e. The van der Waals surface area contributed by atoms with Gasteiger partial charge in [0.2, 0.25) is 0 Å². The summed E-state index contributed by atoms with van der Waals surface area (Å²) in [6, 6.07) is 4.03. The number of rotatable bonds is 3. The van der Waals surface area contributed by atoms with Crippen LogP contribution >= 0.6 is 0 Å². The van der Waals surface area contributed by atoms with Gasteiger partial charge in [-0.05, 0) is 32.4 Å². The predicted molar refractivity (Wildman–Crippen MR) is 57.3 cm³/mol. The number of aryl methyl sites for hydroxylation is 1. The fourth-order valence-electron chi connectivity index (χ4n) is 1.75. The number of hydrogen-bond acceptors (Lipinski definition) is 3. The molecule has 0 aliphatic heterocycles. The summed E-state index contributed by atoms with van der Waals surface area (Å²) in [5.74, 6) is 2.03. The predicted octanol–water partition coefficient (Wildman–Crippen LogP) is 2.49. The molecule has 1 unspecified atom stereocenters. The van der Waals surface area contributed by atoms with Crippen LogP contribution in [0.15, 0.2) is 28.3 Å². The van der Waals surface area contributed by atoms with E-state index in [1.165, 1.54) is 0 Å². The minimum atomic E-state index is 0.121. The molecule has 1 aromatic heterocycles. The minimum Gasteiger partial charge on any atom is -0.464 e. The van der Waals surface area contributed by atoms with Gasteiger partial charge in [0.25, 0.3) is 0 Å². The van der Waals surface area contributed by atoms with Gasteiger partial charge in [0.1, 0.15) is 11.5 Å². The first-order valence-corrected chi connectivity index (χ1v) is 5.21. The van der Waals surface area contributed by atoms with E-state index in [0.717, 1.165) is 23.6 Å². The van der Waals surface area contributed by atoms with Gasteiger partial charge in [0.05, 0.1) is 6.04 Å². The molecule has 1 N–H and O–H groups in total. The molecular weight excluding hydrogens is 190 g/mol. The van der Waals surface area contributed by atoms with Crippen molar-refractivity contribution >= 4 is 5.78 Å². The molecule has 1 heterocycles. The molecule has 80 valence electrons. The van der Waals surface area contributed by atoms with Gasteiger partial charge < -0.3 is 9.73 Å². The first-order chi connectivity index (χ1) is 7.15. The van der Waals surface area contributed by atoms with Crippen LogP contribution < -0.4 is 5.32 Å². The lowest BCUT2D eigenvalue weighted by atomic mass is 10.2. The Morgan fingerprint density at radius 3 is 2.73 bits per heavy atom. The topological polar surface area (TPSA) is 42.2 Å². The number of carbonyl (C=O) groups excluding carboxylic acids is 1. The van der Waals surface area contributed by atoms with Gasteiger partial charge in [-0.1, -0.05) is 0 Å². The van der Waals surface area contributed by atoms with E-state index in [1.54, 1.807) is 6.08 Å². The van der Waals surface area contributed by atoms with Gasteiger partial charge in [-0.3, -0.25) is 4.79 Å². The molecule has 0 saturated carbocycles. The standard InChI is InChI=1S/C12H15NO2/c1-8-3-6-12(15-8)9(2)13-10-4-5-11(14)7-10/h3,6-7,9,13H,4-5H2,1-2H3. The summed E-state index contributed by atoms with van der Waals surface area (Å²) in [4.78, 5) is 11.0. The monoisotopic (exact) mass is 205 g/mol.